The van der Waals surface area contributed by atoms with E-state index in [1.807, 2.05) is 6.92 Å². The number of aliphatic hydroxyl groups excluding tert-OH is 1. The van der Waals surface area contributed by atoms with E-state index < -0.39 is 0 Å². The van der Waals surface area contributed by atoms with Crippen LogP contribution in [0.3, 0.4) is 0 Å². The molecule has 0 aliphatic rings. The molecule has 11 heavy (non-hydrogen) atoms. The molecule has 0 saturated carbocycles. The lowest BCUT2D eigenvalue weighted by molar-refractivity contribution is 0.0496. The van der Waals surface area contributed by atoms with Crippen LogP contribution in [0.15, 0.2) is 0 Å². The van der Waals surface area contributed by atoms with E-state index in [4.69, 9.17) is 14.6 Å². The van der Waals surface area contributed by atoms with Crippen LogP contribution >= 0.6 is 0 Å². The van der Waals surface area contributed by atoms with Crippen molar-refractivity contribution in [2.45, 2.75) is 25.9 Å². The molecule has 0 rings (SSSR count). The van der Waals surface area contributed by atoms with Gasteiger partial charge in [-0.25, -0.2) is 0 Å². The van der Waals surface area contributed by atoms with Crippen molar-refractivity contribution in [2.24, 2.45) is 0 Å². The molecule has 3 nitrogen and oxygen atoms in total. The van der Waals surface area contributed by atoms with E-state index in [0.717, 1.165) is 26.1 Å². The van der Waals surface area contributed by atoms with Crippen LogP contribution in [0.25, 0.3) is 0 Å². The first-order valence-corrected chi connectivity index (χ1v) is 4.06. The third kappa shape index (κ3) is 7.78. The van der Waals surface area contributed by atoms with E-state index in [1.165, 1.54) is 0 Å². The normalized spacial score (nSPS) is 13.4. The third-order valence-electron chi connectivity index (χ3n) is 1.39. The van der Waals surface area contributed by atoms with Gasteiger partial charge in [0.05, 0.1) is 12.7 Å². The number of ether oxygens (including phenoxy) is 2. The molecule has 0 saturated heterocycles. The third-order valence-corrected chi connectivity index (χ3v) is 1.39. The summed E-state index contributed by atoms with van der Waals surface area (Å²) in [5.41, 5.74) is 0. The smallest absolute Gasteiger partial charge is 0.0774 e. The maximum absolute atomic E-state index is 9.17. The Bertz CT molecular complexity index is 75.7. The van der Waals surface area contributed by atoms with Crippen LogP contribution in [0.2, 0.25) is 0 Å². The van der Waals surface area contributed by atoms with Gasteiger partial charge in [0.15, 0.2) is 0 Å². The van der Waals surface area contributed by atoms with Gasteiger partial charge in [-0.3, -0.25) is 0 Å². The van der Waals surface area contributed by atoms with Gasteiger partial charge in [0.2, 0.25) is 0 Å². The van der Waals surface area contributed by atoms with Crippen LogP contribution in [-0.2, 0) is 9.47 Å². The van der Waals surface area contributed by atoms with Gasteiger partial charge in [-0.15, -0.1) is 0 Å². The molecule has 0 radical (unpaired) electrons. The number of methoxy groups -OCH3 is 1. The zero-order chi connectivity index (χ0) is 8.53. The average Bonchev–Trinajstić information content (AvgIpc) is 1.99. The van der Waals surface area contributed by atoms with Crippen molar-refractivity contribution in [3.05, 3.63) is 0 Å². The fourth-order valence-electron chi connectivity index (χ4n) is 0.841. The van der Waals surface area contributed by atoms with Gasteiger partial charge in [0.1, 0.15) is 0 Å². The molecular formula is C8H18O3. The van der Waals surface area contributed by atoms with Gasteiger partial charge in [-0.2, -0.15) is 0 Å². The summed E-state index contributed by atoms with van der Waals surface area (Å²) >= 11 is 0. The largest absolute Gasteiger partial charge is 0.391 e. The van der Waals surface area contributed by atoms with Gasteiger partial charge in [-0.05, 0) is 19.8 Å². The van der Waals surface area contributed by atoms with Gasteiger partial charge >= 0.3 is 0 Å². The minimum absolute atomic E-state index is 0.333. The summed E-state index contributed by atoms with van der Waals surface area (Å²) in [4.78, 5) is 0. The molecule has 0 aromatic heterocycles. The van der Waals surface area contributed by atoms with E-state index in [1.54, 1.807) is 7.11 Å². The Hall–Kier alpha value is -0.120. The Balaban J connectivity index is 2.97. The maximum atomic E-state index is 9.17. The van der Waals surface area contributed by atoms with Crippen molar-refractivity contribution in [1.82, 2.24) is 0 Å². The van der Waals surface area contributed by atoms with Gasteiger partial charge in [0, 0.05) is 20.3 Å². The standard InChI is InChI=1S/C8H18O3/c1-3-11-6-4-5-8(9)7-10-2/h8-9H,3-7H2,1-2H3. The van der Waals surface area contributed by atoms with Crippen molar-refractivity contribution in [1.29, 1.82) is 0 Å². The molecule has 3 heteroatoms. The first-order valence-electron chi connectivity index (χ1n) is 4.06. The lowest BCUT2D eigenvalue weighted by Gasteiger charge is -2.08. The van der Waals surface area contributed by atoms with Crippen molar-refractivity contribution < 1.29 is 14.6 Å². The van der Waals surface area contributed by atoms with Crippen molar-refractivity contribution in [2.75, 3.05) is 26.9 Å². The first kappa shape index (κ1) is 10.9. The van der Waals surface area contributed by atoms with Crippen molar-refractivity contribution >= 4 is 0 Å². The molecule has 0 amide bonds. The highest BCUT2D eigenvalue weighted by Gasteiger charge is 2.01. The highest BCUT2D eigenvalue weighted by atomic mass is 16.5. The van der Waals surface area contributed by atoms with E-state index in [-0.39, 0.29) is 6.10 Å². The predicted octanol–water partition coefficient (Wildman–Crippen LogP) is 0.810. The monoisotopic (exact) mass is 162 g/mol. The zero-order valence-electron chi connectivity index (χ0n) is 7.38. The highest BCUT2D eigenvalue weighted by molar-refractivity contribution is 4.52. The number of hydrogen-bond donors (Lipinski definition) is 1. The molecule has 1 N–H and O–H groups in total. The van der Waals surface area contributed by atoms with E-state index >= 15 is 0 Å². The quantitative estimate of drug-likeness (QED) is 0.563. The number of aliphatic hydroxyl groups is 1. The van der Waals surface area contributed by atoms with Crippen LogP contribution in [0.5, 0.6) is 0 Å². The molecule has 0 bridgehead atoms. The fourth-order valence-corrected chi connectivity index (χ4v) is 0.841. The molecule has 0 aliphatic heterocycles. The molecule has 0 aromatic rings. The second-order valence-electron chi connectivity index (χ2n) is 2.45. The molecule has 1 atom stereocenters. The Morgan fingerprint density at radius 2 is 2.18 bits per heavy atom. The van der Waals surface area contributed by atoms with Gasteiger partial charge < -0.3 is 14.6 Å². The maximum Gasteiger partial charge on any atom is 0.0774 e. The molecule has 0 heterocycles. The first-order chi connectivity index (χ1) is 5.31. The molecular weight excluding hydrogens is 144 g/mol. The van der Waals surface area contributed by atoms with Crippen LogP contribution in [0.1, 0.15) is 19.8 Å². The highest BCUT2D eigenvalue weighted by Crippen LogP contribution is 1.97. The van der Waals surface area contributed by atoms with Gasteiger partial charge in [-0.1, -0.05) is 0 Å². The van der Waals surface area contributed by atoms with E-state index in [0.29, 0.717) is 6.61 Å². The number of hydrogen-bond acceptors (Lipinski definition) is 3. The topological polar surface area (TPSA) is 38.7 Å². The Morgan fingerprint density at radius 1 is 1.45 bits per heavy atom. The summed E-state index contributed by atoms with van der Waals surface area (Å²) in [5.74, 6) is 0. The Morgan fingerprint density at radius 3 is 2.73 bits per heavy atom. The Kier molecular flexibility index (Phi) is 7.89. The summed E-state index contributed by atoms with van der Waals surface area (Å²) in [6.07, 6.45) is 1.33. The minimum Gasteiger partial charge on any atom is -0.391 e. The lowest BCUT2D eigenvalue weighted by Crippen LogP contribution is -2.14. The molecule has 0 fully saturated rings. The average molecular weight is 162 g/mol. The van der Waals surface area contributed by atoms with Crippen LogP contribution in [-0.4, -0.2) is 38.1 Å². The molecule has 0 spiro atoms. The Labute approximate surface area is 68.3 Å². The van der Waals surface area contributed by atoms with Crippen LogP contribution < -0.4 is 0 Å². The molecule has 0 aromatic carbocycles. The van der Waals surface area contributed by atoms with Crippen LogP contribution in [0, 0.1) is 0 Å². The molecule has 0 aliphatic carbocycles. The van der Waals surface area contributed by atoms with E-state index in [2.05, 4.69) is 0 Å². The predicted molar refractivity (Wildman–Crippen MR) is 43.6 cm³/mol. The van der Waals surface area contributed by atoms with Gasteiger partial charge in [0.25, 0.3) is 0 Å². The zero-order valence-corrected chi connectivity index (χ0v) is 7.38. The summed E-state index contributed by atoms with van der Waals surface area (Å²) in [6.45, 7) is 3.87. The summed E-state index contributed by atoms with van der Waals surface area (Å²) in [5, 5.41) is 9.17. The summed E-state index contributed by atoms with van der Waals surface area (Å²) in [6, 6.07) is 0. The van der Waals surface area contributed by atoms with Crippen molar-refractivity contribution in [3.63, 3.8) is 0 Å². The second-order valence-corrected chi connectivity index (χ2v) is 2.45. The summed E-state index contributed by atoms with van der Waals surface area (Å²) in [7, 11) is 1.59. The molecule has 68 valence electrons. The SMILES string of the molecule is CCOCCCC(O)COC. The molecule has 1 unspecified atom stereocenters. The second kappa shape index (κ2) is 7.98. The number of rotatable bonds is 7. The minimum atomic E-state index is -0.333. The van der Waals surface area contributed by atoms with Crippen LogP contribution in [0.4, 0.5) is 0 Å². The fraction of sp³-hybridized carbons (Fsp3) is 1.00. The lowest BCUT2D eigenvalue weighted by atomic mass is 10.2. The van der Waals surface area contributed by atoms with E-state index in [9.17, 15) is 0 Å². The van der Waals surface area contributed by atoms with Crippen molar-refractivity contribution in [3.8, 4) is 0 Å². The summed E-state index contributed by atoms with van der Waals surface area (Å²) < 4.78 is 9.88.